The number of hydrogen-bond donors (Lipinski definition) is 1. The van der Waals surface area contributed by atoms with Gasteiger partial charge in [0.1, 0.15) is 0 Å². The molecule has 166 valence electrons. The second-order valence-electron chi connectivity index (χ2n) is 8.32. The number of rotatable bonds is 11. The fourth-order valence-electron chi connectivity index (χ4n) is 4.42. The van der Waals surface area contributed by atoms with Crippen LogP contribution in [0.3, 0.4) is 0 Å². The molecule has 0 heterocycles. The molecule has 1 saturated carbocycles. The van der Waals surface area contributed by atoms with Crippen molar-refractivity contribution in [3.63, 3.8) is 0 Å². The van der Waals surface area contributed by atoms with Gasteiger partial charge < -0.3 is 15.2 Å². The first-order valence-electron chi connectivity index (χ1n) is 11.4. The maximum Gasteiger partial charge on any atom is 0.305 e. The van der Waals surface area contributed by atoms with Crippen molar-refractivity contribution >= 4 is 5.97 Å². The zero-order chi connectivity index (χ0) is 21.9. The molecular formula is C27H35NO3. The molecule has 0 unspecified atom stereocenters. The van der Waals surface area contributed by atoms with Gasteiger partial charge in [-0.2, -0.15) is 0 Å². The Morgan fingerprint density at radius 1 is 1.03 bits per heavy atom. The van der Waals surface area contributed by atoms with Gasteiger partial charge in [-0.05, 0) is 67.2 Å². The first-order chi connectivity index (χ1) is 15.2. The van der Waals surface area contributed by atoms with Gasteiger partial charge in [-0.1, -0.05) is 66.7 Å². The molecule has 0 aromatic heterocycles. The van der Waals surface area contributed by atoms with Crippen molar-refractivity contribution in [1.29, 1.82) is 0 Å². The topological polar surface area (TPSA) is 61.5 Å². The Labute approximate surface area is 186 Å². The molecule has 0 spiro atoms. The van der Waals surface area contributed by atoms with Crippen molar-refractivity contribution in [1.82, 2.24) is 0 Å². The van der Waals surface area contributed by atoms with Crippen LogP contribution in [-0.4, -0.2) is 25.7 Å². The average molecular weight is 422 g/mol. The summed E-state index contributed by atoms with van der Waals surface area (Å²) < 4.78 is 11.0. The molecule has 4 nitrogen and oxygen atoms in total. The molecular weight excluding hydrogens is 386 g/mol. The van der Waals surface area contributed by atoms with Gasteiger partial charge in [0.2, 0.25) is 0 Å². The van der Waals surface area contributed by atoms with E-state index in [2.05, 4.69) is 65.4 Å². The van der Waals surface area contributed by atoms with Gasteiger partial charge >= 0.3 is 5.97 Å². The zero-order valence-electron chi connectivity index (χ0n) is 18.5. The monoisotopic (exact) mass is 421 g/mol. The zero-order valence-corrected chi connectivity index (χ0v) is 18.5. The molecule has 3 rings (SSSR count). The summed E-state index contributed by atoms with van der Waals surface area (Å²) >= 11 is 0. The summed E-state index contributed by atoms with van der Waals surface area (Å²) in [5, 5.41) is 0. The van der Waals surface area contributed by atoms with Crippen LogP contribution in [0.2, 0.25) is 0 Å². The van der Waals surface area contributed by atoms with Crippen LogP contribution in [-0.2, 0) is 20.9 Å². The first-order valence-corrected chi connectivity index (χ1v) is 11.4. The lowest BCUT2D eigenvalue weighted by molar-refractivity contribution is -0.140. The van der Waals surface area contributed by atoms with Crippen molar-refractivity contribution in [2.24, 2.45) is 17.6 Å². The SMILES string of the molecule is COC(=O)CCC/C=C\C[C@@H]1[C@@H](CN)CC[C@@H]1OCc1ccc(-c2ccccc2)cc1. The van der Waals surface area contributed by atoms with Crippen molar-refractivity contribution < 1.29 is 14.3 Å². The number of methoxy groups -OCH3 is 1. The lowest BCUT2D eigenvalue weighted by Gasteiger charge is -2.23. The van der Waals surface area contributed by atoms with Gasteiger partial charge in [0.05, 0.1) is 19.8 Å². The molecule has 2 aromatic rings. The number of benzene rings is 2. The Morgan fingerprint density at radius 2 is 1.77 bits per heavy atom. The van der Waals surface area contributed by atoms with Crippen LogP contribution in [0.25, 0.3) is 11.1 Å². The summed E-state index contributed by atoms with van der Waals surface area (Å²) in [6.45, 7) is 1.35. The molecule has 0 radical (unpaired) electrons. The van der Waals surface area contributed by atoms with E-state index in [-0.39, 0.29) is 12.1 Å². The number of unbranched alkanes of at least 4 members (excludes halogenated alkanes) is 1. The number of allylic oxidation sites excluding steroid dienone is 2. The summed E-state index contributed by atoms with van der Waals surface area (Å²) in [7, 11) is 1.43. The van der Waals surface area contributed by atoms with E-state index in [0.717, 1.165) is 32.1 Å². The van der Waals surface area contributed by atoms with Crippen LogP contribution in [0.4, 0.5) is 0 Å². The van der Waals surface area contributed by atoms with Gasteiger partial charge in [-0.3, -0.25) is 4.79 Å². The minimum atomic E-state index is -0.141. The molecule has 1 aliphatic carbocycles. The molecule has 3 atom stereocenters. The van der Waals surface area contributed by atoms with E-state index in [1.54, 1.807) is 0 Å². The van der Waals surface area contributed by atoms with Crippen LogP contribution in [0, 0.1) is 11.8 Å². The maximum absolute atomic E-state index is 11.2. The van der Waals surface area contributed by atoms with Crippen LogP contribution in [0.5, 0.6) is 0 Å². The van der Waals surface area contributed by atoms with E-state index in [0.29, 0.717) is 31.4 Å². The molecule has 1 aliphatic rings. The normalized spacial score (nSPS) is 20.9. The fraction of sp³-hybridized carbons (Fsp3) is 0.444. The predicted molar refractivity (Wildman–Crippen MR) is 125 cm³/mol. The molecule has 0 bridgehead atoms. The lowest BCUT2D eigenvalue weighted by atomic mass is 9.91. The van der Waals surface area contributed by atoms with E-state index < -0.39 is 0 Å². The quantitative estimate of drug-likeness (QED) is 0.295. The van der Waals surface area contributed by atoms with Crippen LogP contribution >= 0.6 is 0 Å². The van der Waals surface area contributed by atoms with Crippen LogP contribution in [0.1, 0.15) is 44.1 Å². The van der Waals surface area contributed by atoms with E-state index in [1.165, 1.54) is 23.8 Å². The van der Waals surface area contributed by atoms with Crippen molar-refractivity contribution in [2.75, 3.05) is 13.7 Å². The van der Waals surface area contributed by atoms with Gasteiger partial charge in [-0.25, -0.2) is 0 Å². The third-order valence-corrected chi connectivity index (χ3v) is 6.29. The lowest BCUT2D eigenvalue weighted by Crippen LogP contribution is -2.26. The highest BCUT2D eigenvalue weighted by molar-refractivity contribution is 5.69. The third-order valence-electron chi connectivity index (χ3n) is 6.29. The molecule has 4 heteroatoms. The standard InChI is InChI=1S/C27H35NO3/c1-30-27(29)12-8-3-2-7-11-25-24(19-28)17-18-26(25)31-20-21-13-15-23(16-14-21)22-9-5-4-6-10-22/h2,4-7,9-10,13-16,24-26H,3,8,11-12,17-20,28H2,1H3/b7-2-/t24-,25-,26+/m1/s1. The first kappa shape index (κ1) is 23.2. The second kappa shape index (κ2) is 12.4. The largest absolute Gasteiger partial charge is 0.469 e. The fourth-order valence-corrected chi connectivity index (χ4v) is 4.42. The number of hydrogen-bond acceptors (Lipinski definition) is 4. The van der Waals surface area contributed by atoms with Crippen molar-refractivity contribution in [3.05, 3.63) is 72.3 Å². The van der Waals surface area contributed by atoms with Crippen LogP contribution < -0.4 is 5.73 Å². The molecule has 31 heavy (non-hydrogen) atoms. The Balaban J connectivity index is 1.48. The summed E-state index contributed by atoms with van der Waals surface area (Å²) in [5.41, 5.74) is 9.69. The highest BCUT2D eigenvalue weighted by atomic mass is 16.5. The third kappa shape index (κ3) is 7.05. The van der Waals surface area contributed by atoms with Gasteiger partial charge in [0.25, 0.3) is 0 Å². The van der Waals surface area contributed by atoms with E-state index in [9.17, 15) is 4.79 Å². The second-order valence-corrected chi connectivity index (χ2v) is 8.32. The smallest absolute Gasteiger partial charge is 0.305 e. The van der Waals surface area contributed by atoms with Gasteiger partial charge in [0, 0.05) is 6.42 Å². The molecule has 0 amide bonds. The number of ether oxygens (including phenoxy) is 2. The minimum absolute atomic E-state index is 0.141. The summed E-state index contributed by atoms with van der Waals surface area (Å²) in [6.07, 6.45) is 10.1. The highest BCUT2D eigenvalue weighted by Crippen LogP contribution is 2.36. The number of carbonyl (C=O) groups is 1. The minimum Gasteiger partial charge on any atom is -0.469 e. The van der Waals surface area contributed by atoms with Crippen molar-refractivity contribution in [3.8, 4) is 11.1 Å². The summed E-state index contributed by atoms with van der Waals surface area (Å²) in [5.74, 6) is 0.841. The van der Waals surface area contributed by atoms with E-state index >= 15 is 0 Å². The molecule has 2 N–H and O–H groups in total. The number of carbonyl (C=O) groups excluding carboxylic acids is 1. The Bertz CT molecular complexity index is 816. The molecule has 0 aliphatic heterocycles. The van der Waals surface area contributed by atoms with Gasteiger partial charge in [-0.15, -0.1) is 0 Å². The summed E-state index contributed by atoms with van der Waals surface area (Å²) in [6, 6.07) is 19.1. The van der Waals surface area contributed by atoms with Crippen LogP contribution in [0.15, 0.2) is 66.7 Å². The average Bonchev–Trinajstić information content (AvgIpc) is 3.22. The van der Waals surface area contributed by atoms with E-state index in [4.69, 9.17) is 10.5 Å². The Hall–Kier alpha value is -2.43. The Morgan fingerprint density at radius 3 is 2.48 bits per heavy atom. The van der Waals surface area contributed by atoms with Gasteiger partial charge in [0.15, 0.2) is 0 Å². The maximum atomic E-state index is 11.2. The predicted octanol–water partition coefficient (Wildman–Crippen LogP) is 5.51. The van der Waals surface area contributed by atoms with E-state index in [1.807, 2.05) is 6.07 Å². The number of esters is 1. The number of nitrogens with two attached hydrogens (primary N) is 1. The molecule has 1 fully saturated rings. The Kier molecular flexibility index (Phi) is 9.32. The van der Waals surface area contributed by atoms with Crippen molar-refractivity contribution in [2.45, 2.75) is 51.2 Å². The molecule has 0 saturated heterocycles. The summed E-state index contributed by atoms with van der Waals surface area (Å²) in [4.78, 5) is 11.2. The molecule has 2 aromatic carbocycles. The highest BCUT2D eigenvalue weighted by Gasteiger charge is 2.35.